The van der Waals surface area contributed by atoms with E-state index in [1.807, 2.05) is 19.1 Å². The molecule has 2 unspecified atom stereocenters. The van der Waals surface area contributed by atoms with Gasteiger partial charge < -0.3 is 15.4 Å². The van der Waals surface area contributed by atoms with Crippen LogP contribution >= 0.6 is 0 Å². The van der Waals surface area contributed by atoms with E-state index in [0.29, 0.717) is 13.0 Å². The van der Waals surface area contributed by atoms with E-state index < -0.39 is 0 Å². The third-order valence-corrected chi connectivity index (χ3v) is 3.15. The topological polar surface area (TPSA) is 50.4 Å². The molecule has 2 N–H and O–H groups in total. The van der Waals surface area contributed by atoms with E-state index in [1.165, 1.54) is 5.56 Å². The van der Waals surface area contributed by atoms with Crippen LogP contribution in [0.5, 0.6) is 5.75 Å². The number of hydrogen-bond acceptors (Lipinski definition) is 3. The van der Waals surface area contributed by atoms with E-state index >= 15 is 0 Å². The fourth-order valence-electron chi connectivity index (χ4n) is 2.19. The van der Waals surface area contributed by atoms with Crippen LogP contribution < -0.4 is 15.4 Å². The zero-order valence-electron chi connectivity index (χ0n) is 10.9. The van der Waals surface area contributed by atoms with Crippen molar-refractivity contribution >= 4 is 5.91 Å². The molecule has 0 aliphatic carbocycles. The van der Waals surface area contributed by atoms with Gasteiger partial charge >= 0.3 is 0 Å². The molecule has 1 aromatic rings. The average molecular weight is 248 g/mol. The SMILES string of the molecule is CCOc1ccc(C(C)NC2CNC(=O)C2)cc1. The summed E-state index contributed by atoms with van der Waals surface area (Å²) >= 11 is 0. The van der Waals surface area contributed by atoms with Crippen molar-refractivity contribution < 1.29 is 9.53 Å². The minimum atomic E-state index is 0.131. The van der Waals surface area contributed by atoms with Crippen molar-refractivity contribution in [1.29, 1.82) is 0 Å². The van der Waals surface area contributed by atoms with Gasteiger partial charge in [-0.05, 0) is 31.5 Å². The zero-order valence-corrected chi connectivity index (χ0v) is 10.9. The second-order valence-corrected chi connectivity index (χ2v) is 4.60. The molecule has 0 aromatic heterocycles. The van der Waals surface area contributed by atoms with Crippen LogP contribution in [0.15, 0.2) is 24.3 Å². The highest BCUT2D eigenvalue weighted by Gasteiger charge is 2.22. The minimum absolute atomic E-state index is 0.131. The predicted molar refractivity (Wildman–Crippen MR) is 70.6 cm³/mol. The van der Waals surface area contributed by atoms with Gasteiger partial charge in [0.2, 0.25) is 5.91 Å². The number of benzene rings is 1. The fraction of sp³-hybridized carbons (Fsp3) is 0.500. The third kappa shape index (κ3) is 3.23. The van der Waals surface area contributed by atoms with E-state index in [4.69, 9.17) is 4.74 Å². The lowest BCUT2D eigenvalue weighted by Gasteiger charge is -2.18. The van der Waals surface area contributed by atoms with Crippen LogP contribution in [0.25, 0.3) is 0 Å². The lowest BCUT2D eigenvalue weighted by molar-refractivity contribution is -0.119. The molecule has 1 aliphatic heterocycles. The highest BCUT2D eigenvalue weighted by Crippen LogP contribution is 2.18. The van der Waals surface area contributed by atoms with Crippen LogP contribution in [0.1, 0.15) is 31.9 Å². The highest BCUT2D eigenvalue weighted by molar-refractivity contribution is 5.78. The summed E-state index contributed by atoms with van der Waals surface area (Å²) in [6, 6.07) is 8.56. The van der Waals surface area contributed by atoms with Gasteiger partial charge in [-0.1, -0.05) is 12.1 Å². The quantitative estimate of drug-likeness (QED) is 0.832. The van der Waals surface area contributed by atoms with Crippen LogP contribution in [0.3, 0.4) is 0 Å². The Hall–Kier alpha value is -1.55. The number of carbonyl (C=O) groups excluding carboxylic acids is 1. The van der Waals surface area contributed by atoms with Gasteiger partial charge in [-0.25, -0.2) is 0 Å². The molecular formula is C14H20N2O2. The number of rotatable bonds is 5. The summed E-state index contributed by atoms with van der Waals surface area (Å²) < 4.78 is 5.41. The molecule has 4 heteroatoms. The van der Waals surface area contributed by atoms with Crippen molar-refractivity contribution in [2.45, 2.75) is 32.4 Å². The van der Waals surface area contributed by atoms with Gasteiger partial charge in [-0.15, -0.1) is 0 Å². The Labute approximate surface area is 108 Å². The smallest absolute Gasteiger partial charge is 0.221 e. The molecule has 2 rings (SSSR count). The molecule has 98 valence electrons. The molecule has 1 aliphatic rings. The Morgan fingerprint density at radius 1 is 1.44 bits per heavy atom. The van der Waals surface area contributed by atoms with Gasteiger partial charge in [0, 0.05) is 25.0 Å². The Kier molecular flexibility index (Phi) is 4.20. The summed E-state index contributed by atoms with van der Waals surface area (Å²) in [5, 5.41) is 6.28. The Bertz CT molecular complexity index is 403. The molecule has 1 amide bonds. The zero-order chi connectivity index (χ0) is 13.0. The number of carbonyl (C=O) groups is 1. The van der Waals surface area contributed by atoms with Crippen LogP contribution in [-0.4, -0.2) is 25.1 Å². The van der Waals surface area contributed by atoms with E-state index in [-0.39, 0.29) is 18.0 Å². The average Bonchev–Trinajstić information content (AvgIpc) is 2.76. The van der Waals surface area contributed by atoms with E-state index in [0.717, 1.165) is 12.3 Å². The number of hydrogen-bond donors (Lipinski definition) is 2. The Morgan fingerprint density at radius 3 is 2.72 bits per heavy atom. The molecule has 1 aromatic carbocycles. The maximum atomic E-state index is 11.1. The summed E-state index contributed by atoms with van der Waals surface area (Å²) in [6.07, 6.45) is 0.571. The van der Waals surface area contributed by atoms with Gasteiger partial charge in [0.25, 0.3) is 0 Å². The van der Waals surface area contributed by atoms with E-state index in [2.05, 4.69) is 29.7 Å². The molecule has 0 bridgehead atoms. The molecule has 1 saturated heterocycles. The Morgan fingerprint density at radius 2 is 2.17 bits per heavy atom. The maximum Gasteiger partial charge on any atom is 0.221 e. The van der Waals surface area contributed by atoms with Crippen LogP contribution in [0, 0.1) is 0 Å². The van der Waals surface area contributed by atoms with E-state index in [9.17, 15) is 4.79 Å². The number of ether oxygens (including phenoxy) is 1. The highest BCUT2D eigenvalue weighted by atomic mass is 16.5. The standard InChI is InChI=1S/C14H20N2O2/c1-3-18-13-6-4-11(5-7-13)10(2)16-12-8-14(17)15-9-12/h4-7,10,12,16H,3,8-9H2,1-2H3,(H,15,17). The molecule has 0 spiro atoms. The number of amides is 1. The first-order valence-corrected chi connectivity index (χ1v) is 6.44. The van der Waals surface area contributed by atoms with Crippen molar-refractivity contribution in [3.63, 3.8) is 0 Å². The van der Waals surface area contributed by atoms with Gasteiger partial charge in [0.1, 0.15) is 5.75 Å². The molecule has 2 atom stereocenters. The lowest BCUT2D eigenvalue weighted by Crippen LogP contribution is -2.33. The van der Waals surface area contributed by atoms with Crippen molar-refractivity contribution in [1.82, 2.24) is 10.6 Å². The van der Waals surface area contributed by atoms with E-state index in [1.54, 1.807) is 0 Å². The molecule has 18 heavy (non-hydrogen) atoms. The normalized spacial score (nSPS) is 20.6. The summed E-state index contributed by atoms with van der Waals surface area (Å²) in [4.78, 5) is 11.1. The second-order valence-electron chi connectivity index (χ2n) is 4.60. The van der Waals surface area contributed by atoms with Crippen LogP contribution in [0.2, 0.25) is 0 Å². The van der Waals surface area contributed by atoms with Gasteiger partial charge in [0.05, 0.1) is 6.61 Å². The van der Waals surface area contributed by atoms with Crippen LogP contribution in [-0.2, 0) is 4.79 Å². The number of nitrogens with one attached hydrogen (secondary N) is 2. The van der Waals surface area contributed by atoms with Crippen molar-refractivity contribution in [2.24, 2.45) is 0 Å². The summed E-state index contributed by atoms with van der Waals surface area (Å²) in [6.45, 7) is 5.49. The van der Waals surface area contributed by atoms with Gasteiger partial charge in [-0.3, -0.25) is 4.79 Å². The van der Waals surface area contributed by atoms with Gasteiger partial charge in [0.15, 0.2) is 0 Å². The first-order valence-electron chi connectivity index (χ1n) is 6.44. The first-order chi connectivity index (χ1) is 8.69. The van der Waals surface area contributed by atoms with Crippen molar-refractivity contribution in [3.8, 4) is 5.75 Å². The van der Waals surface area contributed by atoms with Crippen molar-refractivity contribution in [2.75, 3.05) is 13.2 Å². The lowest BCUT2D eigenvalue weighted by atomic mass is 10.1. The summed E-state index contributed by atoms with van der Waals surface area (Å²) in [7, 11) is 0. The first kappa shape index (κ1) is 12.9. The molecule has 4 nitrogen and oxygen atoms in total. The predicted octanol–water partition coefficient (Wildman–Crippen LogP) is 1.62. The summed E-state index contributed by atoms with van der Waals surface area (Å²) in [5.74, 6) is 1.03. The Balaban J connectivity index is 1.91. The van der Waals surface area contributed by atoms with Crippen molar-refractivity contribution in [3.05, 3.63) is 29.8 Å². The van der Waals surface area contributed by atoms with Gasteiger partial charge in [-0.2, -0.15) is 0 Å². The molecule has 0 radical (unpaired) electrons. The molecule has 1 fully saturated rings. The third-order valence-electron chi connectivity index (χ3n) is 3.15. The fourth-order valence-corrected chi connectivity index (χ4v) is 2.19. The van der Waals surface area contributed by atoms with Crippen LogP contribution in [0.4, 0.5) is 0 Å². The minimum Gasteiger partial charge on any atom is -0.494 e. The summed E-state index contributed by atoms with van der Waals surface area (Å²) in [5.41, 5.74) is 1.21. The molecule has 1 heterocycles. The second kappa shape index (κ2) is 5.87. The largest absolute Gasteiger partial charge is 0.494 e. The monoisotopic (exact) mass is 248 g/mol. The maximum absolute atomic E-state index is 11.1. The molecule has 0 saturated carbocycles. The molecular weight excluding hydrogens is 228 g/mol.